The van der Waals surface area contributed by atoms with Crippen LogP contribution < -0.4 is 5.32 Å². The van der Waals surface area contributed by atoms with Crippen molar-refractivity contribution in [2.75, 3.05) is 18.4 Å². The van der Waals surface area contributed by atoms with E-state index in [0.717, 1.165) is 41.2 Å². The molecule has 1 aliphatic rings. The number of carbonyl (C=O) groups excluding carboxylic acids is 2. The van der Waals surface area contributed by atoms with Gasteiger partial charge in [0, 0.05) is 30.4 Å². The lowest BCUT2D eigenvalue weighted by Gasteiger charge is -2.15. The van der Waals surface area contributed by atoms with E-state index in [1.165, 1.54) is 6.08 Å². The predicted molar refractivity (Wildman–Crippen MR) is 109 cm³/mol. The number of hydrogen-bond donors (Lipinski definition) is 1. The van der Waals surface area contributed by atoms with Crippen molar-refractivity contribution < 1.29 is 9.59 Å². The summed E-state index contributed by atoms with van der Waals surface area (Å²) in [7, 11) is 0. The van der Waals surface area contributed by atoms with Crippen molar-refractivity contribution in [3.8, 4) is 0 Å². The van der Waals surface area contributed by atoms with Gasteiger partial charge in [-0.3, -0.25) is 9.59 Å². The second-order valence-electron chi connectivity index (χ2n) is 6.42. The summed E-state index contributed by atoms with van der Waals surface area (Å²) < 4.78 is 1.09. The lowest BCUT2D eigenvalue weighted by Crippen LogP contribution is -2.27. The zero-order chi connectivity index (χ0) is 18.6. The highest BCUT2D eigenvalue weighted by atomic mass is 32.1. The van der Waals surface area contributed by atoms with Crippen LogP contribution in [0.25, 0.3) is 16.3 Å². The maximum atomic E-state index is 12.3. The Hall–Kier alpha value is -2.99. The lowest BCUT2D eigenvalue weighted by molar-refractivity contribution is -0.111. The number of hydrogen-bond acceptors (Lipinski definition) is 4. The van der Waals surface area contributed by atoms with Gasteiger partial charge in [0.2, 0.25) is 5.91 Å². The van der Waals surface area contributed by atoms with Crippen LogP contribution in [0, 0.1) is 0 Å². The number of para-hydroxylation sites is 1. The van der Waals surface area contributed by atoms with E-state index in [9.17, 15) is 9.59 Å². The second kappa shape index (κ2) is 7.72. The Balaban J connectivity index is 1.38. The minimum absolute atomic E-state index is 0.0566. The summed E-state index contributed by atoms with van der Waals surface area (Å²) in [4.78, 5) is 30.8. The third-order valence-corrected chi connectivity index (χ3v) is 5.48. The highest BCUT2D eigenvalue weighted by molar-refractivity contribution is 7.19. The van der Waals surface area contributed by atoms with Crippen LogP contribution in [0.2, 0.25) is 0 Å². The van der Waals surface area contributed by atoms with Gasteiger partial charge in [0.15, 0.2) is 0 Å². The van der Waals surface area contributed by atoms with Crippen molar-refractivity contribution in [3.63, 3.8) is 0 Å². The highest BCUT2D eigenvalue weighted by Gasteiger charge is 2.19. The van der Waals surface area contributed by atoms with Crippen LogP contribution in [0.1, 0.15) is 28.2 Å². The Kier molecular flexibility index (Phi) is 4.98. The molecule has 0 aliphatic carbocycles. The number of nitrogens with zero attached hydrogens (tertiary/aromatic N) is 2. The van der Waals surface area contributed by atoms with E-state index >= 15 is 0 Å². The molecule has 0 radical (unpaired) electrons. The molecular formula is C21H19N3O2S. The number of benzene rings is 2. The van der Waals surface area contributed by atoms with Crippen molar-refractivity contribution >= 4 is 45.1 Å². The van der Waals surface area contributed by atoms with Crippen LogP contribution in [0.4, 0.5) is 5.69 Å². The molecule has 1 fully saturated rings. The van der Waals surface area contributed by atoms with E-state index in [1.54, 1.807) is 41.7 Å². The largest absolute Gasteiger partial charge is 0.339 e. The fourth-order valence-electron chi connectivity index (χ4n) is 3.09. The first-order valence-electron chi connectivity index (χ1n) is 8.93. The van der Waals surface area contributed by atoms with Crippen LogP contribution in [-0.2, 0) is 4.79 Å². The summed E-state index contributed by atoms with van der Waals surface area (Å²) in [6, 6.07) is 14.9. The number of anilines is 1. The van der Waals surface area contributed by atoms with Gasteiger partial charge in [-0.2, -0.15) is 0 Å². The molecule has 0 unspecified atom stereocenters. The first kappa shape index (κ1) is 17.4. The third-order valence-electron chi connectivity index (χ3n) is 4.48. The SMILES string of the molecule is O=C(/C=C/c1nc2ccccc2s1)Nc1ccc(C(=O)N2CCCC2)cc1. The van der Waals surface area contributed by atoms with Gasteiger partial charge in [-0.05, 0) is 55.3 Å². The van der Waals surface area contributed by atoms with Gasteiger partial charge in [-0.15, -0.1) is 11.3 Å². The topological polar surface area (TPSA) is 62.3 Å². The number of aromatic nitrogens is 1. The molecule has 6 heteroatoms. The van der Waals surface area contributed by atoms with Gasteiger partial charge in [-0.25, -0.2) is 4.98 Å². The number of likely N-dealkylation sites (tertiary alicyclic amines) is 1. The molecule has 1 aliphatic heterocycles. The Morgan fingerprint density at radius 2 is 1.78 bits per heavy atom. The van der Waals surface area contributed by atoms with Crippen molar-refractivity contribution in [3.05, 3.63) is 65.2 Å². The zero-order valence-electron chi connectivity index (χ0n) is 14.7. The first-order valence-corrected chi connectivity index (χ1v) is 9.75. The predicted octanol–water partition coefficient (Wildman–Crippen LogP) is 4.18. The highest BCUT2D eigenvalue weighted by Crippen LogP contribution is 2.22. The molecule has 0 bridgehead atoms. The molecule has 4 rings (SSSR count). The number of carbonyl (C=O) groups is 2. The summed E-state index contributed by atoms with van der Waals surface area (Å²) in [5.41, 5.74) is 2.24. The molecule has 0 atom stereocenters. The summed E-state index contributed by atoms with van der Waals surface area (Å²) >= 11 is 1.54. The molecule has 5 nitrogen and oxygen atoms in total. The average molecular weight is 377 g/mol. The van der Waals surface area contributed by atoms with Crippen LogP contribution >= 0.6 is 11.3 Å². The van der Waals surface area contributed by atoms with Gasteiger partial charge in [-0.1, -0.05) is 12.1 Å². The quantitative estimate of drug-likeness (QED) is 0.694. The van der Waals surface area contributed by atoms with Gasteiger partial charge < -0.3 is 10.2 Å². The van der Waals surface area contributed by atoms with Crippen molar-refractivity contribution in [2.24, 2.45) is 0 Å². The van der Waals surface area contributed by atoms with E-state index in [2.05, 4.69) is 10.3 Å². The molecule has 27 heavy (non-hydrogen) atoms. The van der Waals surface area contributed by atoms with Gasteiger partial charge in [0.25, 0.3) is 5.91 Å². The van der Waals surface area contributed by atoms with Gasteiger partial charge in [0.05, 0.1) is 10.2 Å². The number of fused-ring (bicyclic) bond motifs is 1. The Morgan fingerprint density at radius 3 is 2.52 bits per heavy atom. The molecule has 3 aromatic rings. The minimum Gasteiger partial charge on any atom is -0.339 e. The Labute approximate surface area is 161 Å². The van der Waals surface area contributed by atoms with E-state index in [-0.39, 0.29) is 11.8 Å². The lowest BCUT2D eigenvalue weighted by atomic mass is 10.2. The van der Waals surface area contributed by atoms with Crippen molar-refractivity contribution in [2.45, 2.75) is 12.8 Å². The normalized spacial score (nSPS) is 14.1. The second-order valence-corrected chi connectivity index (χ2v) is 7.48. The van der Waals surface area contributed by atoms with Crippen molar-refractivity contribution in [1.82, 2.24) is 9.88 Å². The maximum Gasteiger partial charge on any atom is 0.253 e. The maximum absolute atomic E-state index is 12.3. The monoisotopic (exact) mass is 377 g/mol. The van der Waals surface area contributed by atoms with Crippen LogP contribution in [0.3, 0.4) is 0 Å². The Bertz CT molecular complexity index is 969. The van der Waals surface area contributed by atoms with Gasteiger partial charge >= 0.3 is 0 Å². The fraction of sp³-hybridized carbons (Fsp3) is 0.190. The summed E-state index contributed by atoms with van der Waals surface area (Å²) in [6.07, 6.45) is 5.33. The molecule has 1 N–H and O–H groups in total. The number of rotatable bonds is 4. The van der Waals surface area contributed by atoms with E-state index in [4.69, 9.17) is 0 Å². The van der Waals surface area contributed by atoms with E-state index < -0.39 is 0 Å². The molecule has 0 spiro atoms. The number of nitrogens with one attached hydrogen (secondary N) is 1. The molecule has 2 heterocycles. The smallest absolute Gasteiger partial charge is 0.253 e. The zero-order valence-corrected chi connectivity index (χ0v) is 15.5. The standard InChI is InChI=1S/C21H19N3O2S/c25-19(11-12-20-23-17-5-1-2-6-18(17)27-20)22-16-9-7-15(8-10-16)21(26)24-13-3-4-14-24/h1-2,5-12H,3-4,13-14H2,(H,22,25)/b12-11+. The molecule has 1 saturated heterocycles. The van der Waals surface area contributed by atoms with E-state index in [1.807, 2.05) is 29.2 Å². The molecule has 2 amide bonds. The Morgan fingerprint density at radius 1 is 1.04 bits per heavy atom. The fourth-order valence-corrected chi connectivity index (χ4v) is 3.96. The third kappa shape index (κ3) is 4.06. The van der Waals surface area contributed by atoms with Crippen LogP contribution in [-0.4, -0.2) is 34.8 Å². The summed E-state index contributed by atoms with van der Waals surface area (Å²) in [6.45, 7) is 1.65. The first-order chi connectivity index (χ1) is 13.2. The molecule has 136 valence electrons. The van der Waals surface area contributed by atoms with Gasteiger partial charge in [0.1, 0.15) is 5.01 Å². The average Bonchev–Trinajstić information content (AvgIpc) is 3.36. The molecule has 1 aromatic heterocycles. The molecule has 0 saturated carbocycles. The molecular weight excluding hydrogens is 358 g/mol. The molecule has 2 aromatic carbocycles. The minimum atomic E-state index is -0.229. The van der Waals surface area contributed by atoms with Crippen molar-refractivity contribution in [1.29, 1.82) is 0 Å². The number of amides is 2. The summed E-state index contributed by atoms with van der Waals surface area (Å²) in [5.74, 6) is -0.172. The van der Waals surface area contributed by atoms with Crippen LogP contribution in [0.15, 0.2) is 54.6 Å². The summed E-state index contributed by atoms with van der Waals surface area (Å²) in [5, 5.41) is 3.60. The van der Waals surface area contributed by atoms with Crippen LogP contribution in [0.5, 0.6) is 0 Å². The van der Waals surface area contributed by atoms with E-state index in [0.29, 0.717) is 11.3 Å². The number of thiazole rings is 1.